The number of aryl methyl sites for hydroxylation is 2. The van der Waals surface area contributed by atoms with Crippen molar-refractivity contribution in [3.63, 3.8) is 0 Å². The standard InChI is InChI=1S/C17H23NO/c1-12-6-5-8-15-14(11-18(2)17(12)15)10-13-7-3-4-9-16(13)19/h5-6,8,11,13,16,19H,3-4,7,9-10H2,1-2H3. The molecule has 1 aliphatic rings. The summed E-state index contributed by atoms with van der Waals surface area (Å²) in [5.74, 6) is 0.444. The molecule has 2 unspecified atom stereocenters. The Kier molecular flexibility index (Phi) is 3.36. The van der Waals surface area contributed by atoms with Crippen LogP contribution in [0.3, 0.4) is 0 Å². The van der Waals surface area contributed by atoms with Gasteiger partial charge in [0.15, 0.2) is 0 Å². The largest absolute Gasteiger partial charge is 0.393 e. The van der Waals surface area contributed by atoms with Crippen molar-refractivity contribution in [2.45, 2.75) is 45.1 Å². The van der Waals surface area contributed by atoms with Crippen molar-refractivity contribution < 1.29 is 5.11 Å². The summed E-state index contributed by atoms with van der Waals surface area (Å²) in [4.78, 5) is 0. The highest BCUT2D eigenvalue weighted by Gasteiger charge is 2.24. The Morgan fingerprint density at radius 1 is 1.26 bits per heavy atom. The quantitative estimate of drug-likeness (QED) is 0.874. The Hall–Kier alpha value is -1.28. The number of benzene rings is 1. The van der Waals surface area contributed by atoms with E-state index in [0.29, 0.717) is 5.92 Å². The number of nitrogens with zero attached hydrogens (tertiary/aromatic N) is 1. The van der Waals surface area contributed by atoms with Crippen LogP contribution in [0.25, 0.3) is 10.9 Å². The van der Waals surface area contributed by atoms with E-state index in [1.54, 1.807) is 0 Å². The fraction of sp³-hybridized carbons (Fsp3) is 0.529. The van der Waals surface area contributed by atoms with Crippen molar-refractivity contribution in [3.05, 3.63) is 35.5 Å². The molecule has 3 rings (SSSR count). The van der Waals surface area contributed by atoms with Gasteiger partial charge in [-0.2, -0.15) is 0 Å². The summed E-state index contributed by atoms with van der Waals surface area (Å²) < 4.78 is 2.23. The van der Waals surface area contributed by atoms with Gasteiger partial charge in [-0.3, -0.25) is 0 Å². The summed E-state index contributed by atoms with van der Waals surface area (Å²) in [6, 6.07) is 6.52. The van der Waals surface area contributed by atoms with Gasteiger partial charge in [0.25, 0.3) is 0 Å². The molecule has 0 radical (unpaired) electrons. The zero-order valence-electron chi connectivity index (χ0n) is 11.9. The van der Waals surface area contributed by atoms with Crippen LogP contribution in [0.2, 0.25) is 0 Å². The maximum atomic E-state index is 10.2. The van der Waals surface area contributed by atoms with Crippen LogP contribution < -0.4 is 0 Å². The third-order valence-corrected chi connectivity index (χ3v) is 4.64. The number of hydrogen-bond donors (Lipinski definition) is 1. The van der Waals surface area contributed by atoms with E-state index in [2.05, 4.69) is 42.9 Å². The lowest BCUT2D eigenvalue weighted by molar-refractivity contribution is 0.0702. The van der Waals surface area contributed by atoms with E-state index in [1.807, 2.05) is 0 Å². The van der Waals surface area contributed by atoms with Crippen LogP contribution in [0.15, 0.2) is 24.4 Å². The number of para-hydroxylation sites is 1. The second-order valence-electron chi connectivity index (χ2n) is 6.05. The number of aliphatic hydroxyl groups is 1. The fourth-order valence-electron chi connectivity index (χ4n) is 3.63. The highest BCUT2D eigenvalue weighted by Crippen LogP contribution is 2.31. The van der Waals surface area contributed by atoms with Crippen LogP contribution in [0.1, 0.15) is 36.8 Å². The Morgan fingerprint density at radius 3 is 2.84 bits per heavy atom. The predicted molar refractivity (Wildman–Crippen MR) is 79.3 cm³/mol. The summed E-state index contributed by atoms with van der Waals surface area (Å²) in [5, 5.41) is 11.5. The molecule has 102 valence electrons. The molecule has 0 saturated heterocycles. The Balaban J connectivity index is 1.95. The molecule has 1 aliphatic carbocycles. The average Bonchev–Trinajstić information content (AvgIpc) is 2.71. The van der Waals surface area contributed by atoms with Gasteiger partial charge < -0.3 is 9.67 Å². The minimum atomic E-state index is -0.103. The van der Waals surface area contributed by atoms with Gasteiger partial charge in [0, 0.05) is 18.6 Å². The lowest BCUT2D eigenvalue weighted by Crippen LogP contribution is -2.26. The molecule has 1 aromatic heterocycles. The molecule has 2 heteroatoms. The van der Waals surface area contributed by atoms with Crippen molar-refractivity contribution in [1.29, 1.82) is 0 Å². The smallest absolute Gasteiger partial charge is 0.0571 e. The molecular formula is C17H23NO. The third kappa shape index (κ3) is 2.30. The molecule has 1 aromatic carbocycles. The molecule has 1 N–H and O–H groups in total. The van der Waals surface area contributed by atoms with Crippen molar-refractivity contribution in [1.82, 2.24) is 4.57 Å². The van der Waals surface area contributed by atoms with Gasteiger partial charge in [-0.1, -0.05) is 31.0 Å². The zero-order valence-corrected chi connectivity index (χ0v) is 11.9. The SMILES string of the molecule is Cc1cccc2c(CC3CCCCC3O)cn(C)c12. The Bertz CT molecular complexity index is 584. The number of fused-ring (bicyclic) bond motifs is 1. The monoisotopic (exact) mass is 257 g/mol. The molecule has 2 aromatic rings. The first-order chi connectivity index (χ1) is 9.16. The molecule has 2 atom stereocenters. The van der Waals surface area contributed by atoms with Crippen LogP contribution in [0, 0.1) is 12.8 Å². The fourth-order valence-corrected chi connectivity index (χ4v) is 3.63. The summed E-state index contributed by atoms with van der Waals surface area (Å²) in [6.07, 6.45) is 7.77. The van der Waals surface area contributed by atoms with Crippen LogP contribution in [0.5, 0.6) is 0 Å². The minimum absolute atomic E-state index is 0.103. The molecule has 19 heavy (non-hydrogen) atoms. The molecular weight excluding hydrogens is 234 g/mol. The zero-order chi connectivity index (χ0) is 13.4. The Morgan fingerprint density at radius 2 is 2.05 bits per heavy atom. The minimum Gasteiger partial charge on any atom is -0.393 e. The van der Waals surface area contributed by atoms with E-state index in [4.69, 9.17) is 0 Å². The van der Waals surface area contributed by atoms with Gasteiger partial charge >= 0.3 is 0 Å². The summed E-state index contributed by atoms with van der Waals surface area (Å²) >= 11 is 0. The highest BCUT2D eigenvalue weighted by molar-refractivity contribution is 5.86. The summed E-state index contributed by atoms with van der Waals surface area (Å²) in [7, 11) is 2.12. The molecule has 1 fully saturated rings. The maximum absolute atomic E-state index is 10.2. The van der Waals surface area contributed by atoms with Gasteiger partial charge in [0.1, 0.15) is 0 Å². The van der Waals surface area contributed by atoms with Gasteiger partial charge in [-0.05, 0) is 43.2 Å². The first-order valence-electron chi connectivity index (χ1n) is 7.38. The molecule has 0 aliphatic heterocycles. The molecule has 0 spiro atoms. The normalized spacial score (nSPS) is 23.9. The summed E-state index contributed by atoms with van der Waals surface area (Å²) in [5.41, 5.74) is 4.06. The van der Waals surface area contributed by atoms with Crippen LogP contribution in [-0.4, -0.2) is 15.8 Å². The summed E-state index contributed by atoms with van der Waals surface area (Å²) in [6.45, 7) is 2.17. The van der Waals surface area contributed by atoms with E-state index >= 15 is 0 Å². The van der Waals surface area contributed by atoms with Crippen molar-refractivity contribution in [2.24, 2.45) is 13.0 Å². The van der Waals surface area contributed by atoms with Gasteiger partial charge in [-0.15, -0.1) is 0 Å². The molecule has 0 amide bonds. The van der Waals surface area contributed by atoms with E-state index in [1.165, 1.54) is 41.3 Å². The number of aromatic nitrogens is 1. The lowest BCUT2D eigenvalue weighted by atomic mass is 9.82. The van der Waals surface area contributed by atoms with Crippen molar-refractivity contribution >= 4 is 10.9 Å². The molecule has 1 saturated carbocycles. The third-order valence-electron chi connectivity index (χ3n) is 4.64. The van der Waals surface area contributed by atoms with Gasteiger partial charge in [0.05, 0.1) is 11.6 Å². The molecule has 1 heterocycles. The van der Waals surface area contributed by atoms with E-state index < -0.39 is 0 Å². The first-order valence-corrected chi connectivity index (χ1v) is 7.38. The molecule has 2 nitrogen and oxygen atoms in total. The maximum Gasteiger partial charge on any atom is 0.0571 e. The van der Waals surface area contributed by atoms with Gasteiger partial charge in [0.2, 0.25) is 0 Å². The highest BCUT2D eigenvalue weighted by atomic mass is 16.3. The van der Waals surface area contributed by atoms with Crippen LogP contribution in [0.4, 0.5) is 0 Å². The second-order valence-corrected chi connectivity index (χ2v) is 6.05. The average molecular weight is 257 g/mol. The topological polar surface area (TPSA) is 25.2 Å². The Labute approximate surface area is 115 Å². The predicted octanol–water partition coefficient (Wildman–Crippen LogP) is 3.58. The van der Waals surface area contributed by atoms with Crippen molar-refractivity contribution in [2.75, 3.05) is 0 Å². The molecule has 0 bridgehead atoms. The van der Waals surface area contributed by atoms with Crippen LogP contribution in [-0.2, 0) is 13.5 Å². The first kappa shape index (κ1) is 12.7. The lowest BCUT2D eigenvalue weighted by Gasteiger charge is -2.27. The number of aliphatic hydroxyl groups excluding tert-OH is 1. The number of hydrogen-bond acceptors (Lipinski definition) is 1. The van der Waals surface area contributed by atoms with E-state index in [0.717, 1.165) is 12.8 Å². The van der Waals surface area contributed by atoms with Crippen LogP contribution >= 0.6 is 0 Å². The van der Waals surface area contributed by atoms with E-state index in [-0.39, 0.29) is 6.10 Å². The second kappa shape index (κ2) is 5.01. The van der Waals surface area contributed by atoms with Gasteiger partial charge in [-0.25, -0.2) is 0 Å². The number of rotatable bonds is 2. The van der Waals surface area contributed by atoms with E-state index in [9.17, 15) is 5.11 Å². The van der Waals surface area contributed by atoms with Crippen molar-refractivity contribution in [3.8, 4) is 0 Å².